The average molecular weight is 155 g/mol. The Balaban J connectivity index is 2.59. The van der Waals surface area contributed by atoms with Crippen LogP contribution in [0.25, 0.3) is 0 Å². The van der Waals surface area contributed by atoms with E-state index in [2.05, 4.69) is 23.7 Å². The highest BCUT2D eigenvalue weighted by atomic mass is 15.2. The fourth-order valence-electron chi connectivity index (χ4n) is 1.21. The van der Waals surface area contributed by atoms with Gasteiger partial charge in [-0.3, -0.25) is 4.99 Å². The SMILES string of the molecule is CC(C)C(N)C1=NCCN1C. The van der Waals surface area contributed by atoms with E-state index in [-0.39, 0.29) is 6.04 Å². The number of hydrogen-bond donors (Lipinski definition) is 1. The van der Waals surface area contributed by atoms with Gasteiger partial charge in [0.05, 0.1) is 12.6 Å². The molecule has 1 heterocycles. The Bertz CT molecular complexity index is 163. The molecule has 1 aliphatic heterocycles. The molecular weight excluding hydrogens is 138 g/mol. The monoisotopic (exact) mass is 155 g/mol. The number of hydrogen-bond acceptors (Lipinski definition) is 3. The van der Waals surface area contributed by atoms with E-state index in [1.165, 1.54) is 0 Å². The summed E-state index contributed by atoms with van der Waals surface area (Å²) in [6, 6.07) is 0.113. The molecule has 0 amide bonds. The molecule has 0 spiro atoms. The molecule has 0 aromatic carbocycles. The molecule has 1 atom stereocenters. The van der Waals surface area contributed by atoms with E-state index in [0.29, 0.717) is 5.92 Å². The largest absolute Gasteiger partial charge is 0.360 e. The maximum atomic E-state index is 5.94. The number of nitrogens with two attached hydrogens (primary N) is 1. The van der Waals surface area contributed by atoms with Gasteiger partial charge < -0.3 is 10.6 Å². The summed E-state index contributed by atoms with van der Waals surface area (Å²) in [6.45, 7) is 6.18. The van der Waals surface area contributed by atoms with Crippen LogP contribution >= 0.6 is 0 Å². The number of likely N-dealkylation sites (N-methyl/N-ethyl adjacent to an activating group) is 1. The molecule has 1 aliphatic rings. The fourth-order valence-corrected chi connectivity index (χ4v) is 1.21. The van der Waals surface area contributed by atoms with Gasteiger partial charge in [-0.25, -0.2) is 0 Å². The zero-order valence-corrected chi connectivity index (χ0v) is 7.54. The molecular formula is C8H17N3. The lowest BCUT2D eigenvalue weighted by atomic mass is 10.0. The summed E-state index contributed by atoms with van der Waals surface area (Å²) in [5.74, 6) is 1.55. The van der Waals surface area contributed by atoms with Crippen molar-refractivity contribution < 1.29 is 0 Å². The predicted molar refractivity (Wildman–Crippen MR) is 47.7 cm³/mol. The number of rotatable bonds is 2. The van der Waals surface area contributed by atoms with Gasteiger partial charge in [0.15, 0.2) is 0 Å². The highest BCUT2D eigenvalue weighted by molar-refractivity contribution is 5.88. The Hall–Kier alpha value is -0.570. The Kier molecular flexibility index (Phi) is 2.49. The molecule has 64 valence electrons. The van der Waals surface area contributed by atoms with E-state index in [4.69, 9.17) is 5.73 Å². The first-order chi connectivity index (χ1) is 5.13. The molecule has 0 saturated carbocycles. The van der Waals surface area contributed by atoms with Crippen LogP contribution in [-0.2, 0) is 0 Å². The lowest BCUT2D eigenvalue weighted by Gasteiger charge is -2.22. The Labute approximate surface area is 68.3 Å². The predicted octanol–water partition coefficient (Wildman–Crippen LogP) is 0.314. The minimum Gasteiger partial charge on any atom is -0.360 e. The third kappa shape index (κ3) is 1.71. The molecule has 2 N–H and O–H groups in total. The normalized spacial score (nSPS) is 20.8. The van der Waals surface area contributed by atoms with E-state index < -0.39 is 0 Å². The van der Waals surface area contributed by atoms with Crippen molar-refractivity contribution in [2.75, 3.05) is 20.1 Å². The van der Waals surface area contributed by atoms with Crippen LogP contribution in [0.3, 0.4) is 0 Å². The van der Waals surface area contributed by atoms with Crippen molar-refractivity contribution in [3.05, 3.63) is 0 Å². The van der Waals surface area contributed by atoms with Gasteiger partial charge in [0.25, 0.3) is 0 Å². The van der Waals surface area contributed by atoms with Gasteiger partial charge in [0.1, 0.15) is 5.84 Å². The van der Waals surface area contributed by atoms with Crippen molar-refractivity contribution in [3.63, 3.8) is 0 Å². The van der Waals surface area contributed by atoms with E-state index >= 15 is 0 Å². The summed E-state index contributed by atoms with van der Waals surface area (Å²) in [5.41, 5.74) is 5.94. The van der Waals surface area contributed by atoms with Gasteiger partial charge in [-0.1, -0.05) is 13.8 Å². The molecule has 0 aromatic rings. The maximum absolute atomic E-state index is 5.94. The van der Waals surface area contributed by atoms with Crippen LogP contribution in [0, 0.1) is 5.92 Å². The number of nitrogens with zero attached hydrogens (tertiary/aromatic N) is 2. The van der Waals surface area contributed by atoms with Crippen LogP contribution in [-0.4, -0.2) is 36.9 Å². The molecule has 0 fully saturated rings. The molecule has 0 bridgehead atoms. The third-order valence-electron chi connectivity index (χ3n) is 2.12. The molecule has 0 radical (unpaired) electrons. The zero-order valence-electron chi connectivity index (χ0n) is 7.54. The van der Waals surface area contributed by atoms with Crippen molar-refractivity contribution in [1.82, 2.24) is 4.90 Å². The number of aliphatic imine (C=N–C) groups is 1. The Morgan fingerprint density at radius 1 is 1.55 bits per heavy atom. The smallest absolute Gasteiger partial charge is 0.116 e. The molecule has 3 nitrogen and oxygen atoms in total. The summed E-state index contributed by atoms with van der Waals surface area (Å²) in [7, 11) is 2.05. The summed E-state index contributed by atoms with van der Waals surface area (Å²) >= 11 is 0. The first-order valence-corrected chi connectivity index (χ1v) is 4.14. The Morgan fingerprint density at radius 3 is 2.55 bits per heavy atom. The molecule has 0 aromatic heterocycles. The van der Waals surface area contributed by atoms with Gasteiger partial charge in [-0.05, 0) is 5.92 Å². The molecule has 1 rings (SSSR count). The van der Waals surface area contributed by atoms with Crippen molar-refractivity contribution in [1.29, 1.82) is 0 Å². The molecule has 0 saturated heterocycles. The van der Waals surface area contributed by atoms with Crippen LogP contribution in [0.5, 0.6) is 0 Å². The summed E-state index contributed by atoms with van der Waals surface area (Å²) in [5, 5.41) is 0. The molecule has 0 aliphatic carbocycles. The fraction of sp³-hybridized carbons (Fsp3) is 0.875. The van der Waals surface area contributed by atoms with Crippen molar-refractivity contribution >= 4 is 5.84 Å². The van der Waals surface area contributed by atoms with E-state index in [1.807, 2.05) is 7.05 Å². The van der Waals surface area contributed by atoms with Crippen molar-refractivity contribution in [3.8, 4) is 0 Å². The van der Waals surface area contributed by atoms with Crippen LogP contribution in [0.15, 0.2) is 4.99 Å². The zero-order chi connectivity index (χ0) is 8.43. The quantitative estimate of drug-likeness (QED) is 0.623. The van der Waals surface area contributed by atoms with E-state index in [1.54, 1.807) is 0 Å². The van der Waals surface area contributed by atoms with Gasteiger partial charge >= 0.3 is 0 Å². The van der Waals surface area contributed by atoms with Gasteiger partial charge in [-0.15, -0.1) is 0 Å². The minimum atomic E-state index is 0.113. The minimum absolute atomic E-state index is 0.113. The van der Waals surface area contributed by atoms with Crippen LogP contribution < -0.4 is 5.73 Å². The van der Waals surface area contributed by atoms with Gasteiger partial charge in [-0.2, -0.15) is 0 Å². The third-order valence-corrected chi connectivity index (χ3v) is 2.12. The lowest BCUT2D eigenvalue weighted by molar-refractivity contribution is 0.497. The number of amidine groups is 1. The first-order valence-electron chi connectivity index (χ1n) is 4.14. The lowest BCUT2D eigenvalue weighted by Crippen LogP contribution is -2.42. The second-order valence-corrected chi connectivity index (χ2v) is 3.43. The molecule has 11 heavy (non-hydrogen) atoms. The summed E-state index contributed by atoms with van der Waals surface area (Å²) < 4.78 is 0. The highest BCUT2D eigenvalue weighted by Gasteiger charge is 2.21. The van der Waals surface area contributed by atoms with E-state index in [0.717, 1.165) is 18.9 Å². The van der Waals surface area contributed by atoms with Crippen LogP contribution in [0.1, 0.15) is 13.8 Å². The Morgan fingerprint density at radius 2 is 2.18 bits per heavy atom. The second kappa shape index (κ2) is 3.22. The first kappa shape index (κ1) is 8.53. The molecule has 3 heteroatoms. The summed E-state index contributed by atoms with van der Waals surface area (Å²) in [4.78, 5) is 6.50. The standard InChI is InChI=1S/C8H17N3/c1-6(2)7(9)8-10-4-5-11(8)3/h6-7H,4-5,9H2,1-3H3. The highest BCUT2D eigenvalue weighted by Crippen LogP contribution is 2.07. The van der Waals surface area contributed by atoms with E-state index in [9.17, 15) is 0 Å². The average Bonchev–Trinajstić information content (AvgIpc) is 2.33. The topological polar surface area (TPSA) is 41.6 Å². The van der Waals surface area contributed by atoms with Gasteiger partial charge in [0.2, 0.25) is 0 Å². The summed E-state index contributed by atoms with van der Waals surface area (Å²) in [6.07, 6.45) is 0. The van der Waals surface area contributed by atoms with Crippen molar-refractivity contribution in [2.45, 2.75) is 19.9 Å². The van der Waals surface area contributed by atoms with Crippen LogP contribution in [0.2, 0.25) is 0 Å². The van der Waals surface area contributed by atoms with Gasteiger partial charge in [0, 0.05) is 13.6 Å². The maximum Gasteiger partial charge on any atom is 0.116 e. The molecule has 1 unspecified atom stereocenters. The second-order valence-electron chi connectivity index (χ2n) is 3.43. The van der Waals surface area contributed by atoms with Crippen molar-refractivity contribution in [2.24, 2.45) is 16.6 Å². The van der Waals surface area contributed by atoms with Crippen LogP contribution in [0.4, 0.5) is 0 Å².